The topological polar surface area (TPSA) is 92.7 Å². The zero-order valence-electron chi connectivity index (χ0n) is 14.1. The Morgan fingerprint density at radius 1 is 1.25 bits per heavy atom. The lowest BCUT2D eigenvalue weighted by molar-refractivity contribution is 0.322. The minimum Gasteiger partial charge on any atom is -0.493 e. The van der Waals surface area contributed by atoms with E-state index in [2.05, 4.69) is 16.4 Å². The molecule has 1 fully saturated rings. The normalized spacial score (nSPS) is 20.5. The van der Waals surface area contributed by atoms with Crippen molar-refractivity contribution >= 4 is 35.6 Å². The van der Waals surface area contributed by atoms with Gasteiger partial charge in [-0.15, -0.1) is 24.0 Å². The molecule has 0 unspecified atom stereocenters. The first kappa shape index (κ1) is 20.4. The third kappa shape index (κ3) is 5.74. The van der Waals surface area contributed by atoms with Crippen LogP contribution in [0, 0.1) is 23.2 Å². The molecule has 0 spiro atoms. The quantitative estimate of drug-likeness (QED) is 0.413. The SMILES string of the molecule is COc1ccc(NC(N)=NCC2CCC(C#N)CC2)cc1OC.I. The van der Waals surface area contributed by atoms with Crippen molar-refractivity contribution in [1.29, 1.82) is 5.26 Å². The third-order valence-corrected chi connectivity index (χ3v) is 4.21. The Labute approximate surface area is 160 Å². The number of aliphatic imine (C=N–C) groups is 1. The highest BCUT2D eigenvalue weighted by atomic mass is 127. The molecule has 3 N–H and O–H groups in total. The summed E-state index contributed by atoms with van der Waals surface area (Å²) in [6.45, 7) is 0.699. The zero-order valence-corrected chi connectivity index (χ0v) is 16.4. The van der Waals surface area contributed by atoms with Gasteiger partial charge < -0.3 is 20.5 Å². The first-order valence-corrected chi connectivity index (χ1v) is 7.84. The summed E-state index contributed by atoms with van der Waals surface area (Å²) in [6.07, 6.45) is 4.04. The van der Waals surface area contributed by atoms with Crippen molar-refractivity contribution in [2.75, 3.05) is 26.1 Å². The number of nitriles is 1. The monoisotopic (exact) mass is 444 g/mol. The summed E-state index contributed by atoms with van der Waals surface area (Å²) in [5.74, 6) is 2.44. The van der Waals surface area contributed by atoms with E-state index < -0.39 is 0 Å². The lowest BCUT2D eigenvalue weighted by atomic mass is 9.83. The van der Waals surface area contributed by atoms with E-state index in [4.69, 9.17) is 20.5 Å². The average molecular weight is 444 g/mol. The molecule has 0 atom stereocenters. The Bertz CT molecular complexity index is 593. The molecule has 1 aliphatic carbocycles. The van der Waals surface area contributed by atoms with Crippen LogP contribution in [0.15, 0.2) is 23.2 Å². The summed E-state index contributed by atoms with van der Waals surface area (Å²) in [6, 6.07) is 7.85. The fraction of sp³-hybridized carbons (Fsp3) is 0.529. The minimum absolute atomic E-state index is 0. The molecule has 0 bridgehead atoms. The summed E-state index contributed by atoms with van der Waals surface area (Å²) < 4.78 is 10.5. The molecule has 6 nitrogen and oxygen atoms in total. The van der Waals surface area contributed by atoms with Crippen LogP contribution in [0.4, 0.5) is 5.69 Å². The van der Waals surface area contributed by atoms with Crippen LogP contribution in [0.1, 0.15) is 25.7 Å². The molecule has 0 saturated heterocycles. The van der Waals surface area contributed by atoms with E-state index in [-0.39, 0.29) is 29.9 Å². The van der Waals surface area contributed by atoms with Crippen LogP contribution in [-0.2, 0) is 0 Å². The highest BCUT2D eigenvalue weighted by molar-refractivity contribution is 14.0. The smallest absolute Gasteiger partial charge is 0.193 e. The first-order chi connectivity index (χ1) is 11.2. The van der Waals surface area contributed by atoms with Gasteiger partial charge in [-0.2, -0.15) is 5.26 Å². The fourth-order valence-corrected chi connectivity index (χ4v) is 2.80. The van der Waals surface area contributed by atoms with Gasteiger partial charge in [0.1, 0.15) is 0 Å². The number of hydrogen-bond donors (Lipinski definition) is 2. The molecule has 2 rings (SSSR count). The number of benzene rings is 1. The molecule has 1 aromatic carbocycles. The van der Waals surface area contributed by atoms with Crippen LogP contribution in [-0.4, -0.2) is 26.7 Å². The Morgan fingerprint density at radius 3 is 2.50 bits per heavy atom. The highest BCUT2D eigenvalue weighted by Crippen LogP contribution is 2.30. The summed E-state index contributed by atoms with van der Waals surface area (Å²) in [5, 5.41) is 12.0. The second-order valence-electron chi connectivity index (χ2n) is 5.77. The number of anilines is 1. The number of hydrogen-bond acceptors (Lipinski definition) is 4. The molecule has 0 radical (unpaired) electrons. The lowest BCUT2D eigenvalue weighted by Crippen LogP contribution is -2.24. The average Bonchev–Trinajstić information content (AvgIpc) is 2.60. The van der Waals surface area contributed by atoms with E-state index in [1.54, 1.807) is 14.2 Å². The number of nitrogens with two attached hydrogens (primary N) is 1. The van der Waals surface area contributed by atoms with Crippen molar-refractivity contribution in [2.45, 2.75) is 25.7 Å². The Hall–Kier alpha value is -1.69. The van der Waals surface area contributed by atoms with Gasteiger partial charge in [-0.3, -0.25) is 4.99 Å². The Morgan fingerprint density at radius 2 is 1.92 bits per heavy atom. The van der Waals surface area contributed by atoms with Gasteiger partial charge >= 0.3 is 0 Å². The second-order valence-corrected chi connectivity index (χ2v) is 5.77. The molecule has 1 aliphatic rings. The van der Waals surface area contributed by atoms with Crippen LogP contribution < -0.4 is 20.5 Å². The number of ether oxygens (including phenoxy) is 2. The van der Waals surface area contributed by atoms with Crippen LogP contribution in [0.5, 0.6) is 11.5 Å². The number of nitrogens with one attached hydrogen (secondary N) is 1. The Kier molecular flexibility index (Phi) is 8.68. The molecule has 0 aromatic heterocycles. The minimum atomic E-state index is 0. The van der Waals surface area contributed by atoms with Gasteiger partial charge in [-0.25, -0.2) is 0 Å². The largest absolute Gasteiger partial charge is 0.493 e. The van der Waals surface area contributed by atoms with Crippen molar-refractivity contribution in [3.05, 3.63) is 18.2 Å². The Balaban J connectivity index is 0.00000288. The summed E-state index contributed by atoms with van der Waals surface area (Å²) in [4.78, 5) is 4.42. The molecule has 0 aliphatic heterocycles. The summed E-state index contributed by atoms with van der Waals surface area (Å²) >= 11 is 0. The van der Waals surface area contributed by atoms with Gasteiger partial charge in [0.05, 0.1) is 20.3 Å². The predicted molar refractivity (Wildman–Crippen MR) is 106 cm³/mol. The van der Waals surface area contributed by atoms with Gasteiger partial charge in [0.15, 0.2) is 17.5 Å². The highest BCUT2D eigenvalue weighted by Gasteiger charge is 2.20. The molecule has 1 aromatic rings. The van der Waals surface area contributed by atoms with E-state index in [1.165, 1.54) is 0 Å². The van der Waals surface area contributed by atoms with Crippen molar-refractivity contribution in [3.63, 3.8) is 0 Å². The van der Waals surface area contributed by atoms with Crippen molar-refractivity contribution in [3.8, 4) is 17.6 Å². The number of rotatable bonds is 5. The van der Waals surface area contributed by atoms with Gasteiger partial charge in [0, 0.05) is 24.2 Å². The number of guanidine groups is 1. The molecule has 7 heteroatoms. The molecule has 0 heterocycles. The molecule has 24 heavy (non-hydrogen) atoms. The van der Waals surface area contributed by atoms with E-state index >= 15 is 0 Å². The van der Waals surface area contributed by atoms with Gasteiger partial charge in [0.25, 0.3) is 0 Å². The molecule has 132 valence electrons. The molecule has 1 saturated carbocycles. The maximum atomic E-state index is 8.91. The van der Waals surface area contributed by atoms with Gasteiger partial charge in [-0.05, 0) is 43.7 Å². The van der Waals surface area contributed by atoms with Crippen LogP contribution in [0.2, 0.25) is 0 Å². The van der Waals surface area contributed by atoms with Crippen LogP contribution in [0.25, 0.3) is 0 Å². The predicted octanol–water partition coefficient (Wildman–Crippen LogP) is 3.38. The molecular formula is C17H25IN4O2. The lowest BCUT2D eigenvalue weighted by Gasteiger charge is -2.23. The number of nitrogens with zero attached hydrogens (tertiary/aromatic N) is 2. The second kappa shape index (κ2) is 10.2. The van der Waals surface area contributed by atoms with Crippen LogP contribution >= 0.6 is 24.0 Å². The zero-order chi connectivity index (χ0) is 16.7. The number of halogens is 1. The van der Waals surface area contributed by atoms with Crippen molar-refractivity contribution in [1.82, 2.24) is 0 Å². The first-order valence-electron chi connectivity index (χ1n) is 7.84. The molecular weight excluding hydrogens is 419 g/mol. The maximum absolute atomic E-state index is 8.91. The van der Waals surface area contributed by atoms with E-state index in [0.717, 1.165) is 31.4 Å². The number of methoxy groups -OCH3 is 2. The van der Waals surface area contributed by atoms with Crippen molar-refractivity contribution < 1.29 is 9.47 Å². The third-order valence-electron chi connectivity index (χ3n) is 4.21. The van der Waals surface area contributed by atoms with Gasteiger partial charge in [-0.1, -0.05) is 0 Å². The van der Waals surface area contributed by atoms with E-state index in [9.17, 15) is 0 Å². The maximum Gasteiger partial charge on any atom is 0.193 e. The standard InChI is InChI=1S/C17H24N4O2.HI/c1-22-15-8-7-14(9-16(15)23-2)21-17(19)20-11-13-5-3-12(10-18)4-6-13;/h7-9,12-13H,3-6,11H2,1-2H3,(H3,19,20,21);1H. The molecule has 0 amide bonds. The van der Waals surface area contributed by atoms with E-state index in [0.29, 0.717) is 29.9 Å². The van der Waals surface area contributed by atoms with Crippen molar-refractivity contribution in [2.24, 2.45) is 22.6 Å². The van der Waals surface area contributed by atoms with Crippen LogP contribution in [0.3, 0.4) is 0 Å². The fourth-order valence-electron chi connectivity index (χ4n) is 2.80. The van der Waals surface area contributed by atoms with Gasteiger partial charge in [0.2, 0.25) is 0 Å². The summed E-state index contributed by atoms with van der Waals surface area (Å²) in [5.41, 5.74) is 6.76. The summed E-state index contributed by atoms with van der Waals surface area (Å²) in [7, 11) is 3.19. The van der Waals surface area contributed by atoms with E-state index in [1.807, 2.05) is 18.2 Å².